The maximum atomic E-state index is 11.0. The predicted molar refractivity (Wildman–Crippen MR) is 66.8 cm³/mol. The summed E-state index contributed by atoms with van der Waals surface area (Å²) in [5, 5.41) is 0. The number of aryl methyl sites for hydroxylation is 1. The molecule has 0 N–H and O–H groups in total. The van der Waals surface area contributed by atoms with Gasteiger partial charge in [-0.3, -0.25) is 4.79 Å². The minimum Gasteiger partial charge on any atom is -0.469 e. The minimum absolute atomic E-state index is 0.0873. The largest absolute Gasteiger partial charge is 0.469 e. The Labute approximate surface area is 103 Å². The molecule has 0 fully saturated rings. The van der Waals surface area contributed by atoms with Gasteiger partial charge in [0.1, 0.15) is 0 Å². The number of esters is 1. The lowest BCUT2D eigenvalue weighted by molar-refractivity contribution is -0.140. The first kappa shape index (κ1) is 13.7. The van der Waals surface area contributed by atoms with E-state index in [2.05, 4.69) is 16.9 Å². The topological polar surface area (TPSA) is 35.5 Å². The van der Waals surface area contributed by atoms with E-state index >= 15 is 0 Å². The fourth-order valence-corrected chi connectivity index (χ4v) is 1.81. The highest BCUT2D eigenvalue weighted by Gasteiger charge is 2.09. The van der Waals surface area contributed by atoms with Gasteiger partial charge in [-0.25, -0.2) is 0 Å². The van der Waals surface area contributed by atoms with Gasteiger partial charge in [0.05, 0.1) is 13.2 Å². The molecule has 0 bridgehead atoms. The van der Waals surface area contributed by atoms with Crippen LogP contribution in [0.4, 0.5) is 0 Å². The molecule has 1 aromatic carbocycles. The summed E-state index contributed by atoms with van der Waals surface area (Å²) in [4.78, 5) is 11.0. The van der Waals surface area contributed by atoms with Crippen molar-refractivity contribution >= 4 is 5.97 Å². The summed E-state index contributed by atoms with van der Waals surface area (Å²) in [6.45, 7) is 2.03. The molecule has 1 rings (SSSR count). The van der Waals surface area contributed by atoms with Gasteiger partial charge in [-0.05, 0) is 30.9 Å². The fourth-order valence-electron chi connectivity index (χ4n) is 1.81. The average Bonchev–Trinajstić information content (AvgIpc) is 2.38. The van der Waals surface area contributed by atoms with Gasteiger partial charge < -0.3 is 9.47 Å². The molecule has 0 heterocycles. The van der Waals surface area contributed by atoms with E-state index in [1.807, 2.05) is 19.1 Å². The van der Waals surface area contributed by atoms with Gasteiger partial charge >= 0.3 is 5.97 Å². The lowest BCUT2D eigenvalue weighted by Gasteiger charge is -2.14. The molecule has 3 heteroatoms. The molecule has 0 radical (unpaired) electrons. The molecule has 0 aliphatic carbocycles. The van der Waals surface area contributed by atoms with Crippen LogP contribution in [0.25, 0.3) is 0 Å². The second-order valence-corrected chi connectivity index (χ2v) is 4.01. The first-order valence-corrected chi connectivity index (χ1v) is 5.86. The second-order valence-electron chi connectivity index (χ2n) is 4.01. The standard InChI is InChI=1S/C14H20O3/c1-11(16-2)13-9-5-4-7-12(13)8-6-10-14(15)17-3/h4-5,7,9,11H,6,8,10H2,1-3H3. The highest BCUT2D eigenvalue weighted by atomic mass is 16.5. The van der Waals surface area contributed by atoms with Gasteiger partial charge in [0.2, 0.25) is 0 Å². The quantitative estimate of drug-likeness (QED) is 0.712. The smallest absolute Gasteiger partial charge is 0.305 e. The van der Waals surface area contributed by atoms with Crippen LogP contribution in [-0.2, 0) is 20.7 Å². The van der Waals surface area contributed by atoms with E-state index in [4.69, 9.17) is 4.74 Å². The van der Waals surface area contributed by atoms with Gasteiger partial charge in [0.15, 0.2) is 0 Å². The second kappa shape index (κ2) is 7.07. The van der Waals surface area contributed by atoms with E-state index in [9.17, 15) is 4.79 Å². The van der Waals surface area contributed by atoms with E-state index in [0.717, 1.165) is 12.8 Å². The van der Waals surface area contributed by atoms with E-state index in [-0.39, 0.29) is 12.1 Å². The van der Waals surface area contributed by atoms with Crippen LogP contribution in [0.15, 0.2) is 24.3 Å². The average molecular weight is 236 g/mol. The Kier molecular flexibility index (Phi) is 5.70. The van der Waals surface area contributed by atoms with Gasteiger partial charge in [0.25, 0.3) is 0 Å². The molecule has 1 aromatic rings. The van der Waals surface area contributed by atoms with E-state index < -0.39 is 0 Å². The van der Waals surface area contributed by atoms with E-state index in [0.29, 0.717) is 6.42 Å². The highest BCUT2D eigenvalue weighted by Crippen LogP contribution is 2.21. The Bertz CT molecular complexity index is 360. The Hall–Kier alpha value is -1.35. The van der Waals surface area contributed by atoms with Gasteiger partial charge in [-0.1, -0.05) is 24.3 Å². The molecule has 0 aromatic heterocycles. The Morgan fingerprint density at radius 1 is 1.29 bits per heavy atom. The molecule has 0 amide bonds. The summed E-state index contributed by atoms with van der Waals surface area (Å²) in [5.41, 5.74) is 2.44. The molecule has 3 nitrogen and oxygen atoms in total. The molecule has 0 spiro atoms. The van der Waals surface area contributed by atoms with Gasteiger partial charge in [-0.15, -0.1) is 0 Å². The van der Waals surface area contributed by atoms with Gasteiger partial charge in [0, 0.05) is 13.5 Å². The van der Waals surface area contributed by atoms with E-state index in [1.165, 1.54) is 18.2 Å². The summed E-state index contributed by atoms with van der Waals surface area (Å²) < 4.78 is 9.96. The monoisotopic (exact) mass is 236 g/mol. The summed E-state index contributed by atoms with van der Waals surface area (Å²) >= 11 is 0. The van der Waals surface area contributed by atoms with Crippen LogP contribution in [0.2, 0.25) is 0 Å². The number of hydrogen-bond donors (Lipinski definition) is 0. The Morgan fingerprint density at radius 2 is 2.00 bits per heavy atom. The van der Waals surface area contributed by atoms with Crippen LogP contribution in [0.5, 0.6) is 0 Å². The fraction of sp³-hybridized carbons (Fsp3) is 0.500. The third-order valence-corrected chi connectivity index (χ3v) is 2.90. The molecular formula is C14H20O3. The van der Waals surface area contributed by atoms with Gasteiger partial charge in [-0.2, -0.15) is 0 Å². The number of methoxy groups -OCH3 is 2. The lowest BCUT2D eigenvalue weighted by atomic mass is 9.98. The lowest BCUT2D eigenvalue weighted by Crippen LogP contribution is -2.04. The predicted octanol–water partition coefficient (Wildman–Crippen LogP) is 2.89. The van der Waals surface area contributed by atoms with Crippen molar-refractivity contribution in [2.24, 2.45) is 0 Å². The first-order valence-electron chi connectivity index (χ1n) is 5.86. The maximum Gasteiger partial charge on any atom is 0.305 e. The Morgan fingerprint density at radius 3 is 2.65 bits per heavy atom. The molecule has 17 heavy (non-hydrogen) atoms. The minimum atomic E-state index is -0.151. The number of carbonyl (C=O) groups excluding carboxylic acids is 1. The van der Waals surface area contributed by atoms with Crippen LogP contribution in [-0.4, -0.2) is 20.2 Å². The van der Waals surface area contributed by atoms with Crippen LogP contribution in [0.1, 0.15) is 37.0 Å². The number of rotatable bonds is 6. The molecule has 94 valence electrons. The van der Waals surface area contributed by atoms with Crippen LogP contribution < -0.4 is 0 Å². The summed E-state index contributed by atoms with van der Waals surface area (Å²) in [5.74, 6) is -0.151. The summed E-state index contributed by atoms with van der Waals surface area (Å²) in [6.07, 6.45) is 2.23. The van der Waals surface area contributed by atoms with Crippen LogP contribution in [0.3, 0.4) is 0 Å². The molecule has 0 saturated heterocycles. The number of hydrogen-bond acceptors (Lipinski definition) is 3. The third kappa shape index (κ3) is 4.19. The molecule has 0 saturated carbocycles. The van der Waals surface area contributed by atoms with Crippen molar-refractivity contribution in [3.05, 3.63) is 35.4 Å². The zero-order chi connectivity index (χ0) is 12.7. The van der Waals surface area contributed by atoms with Crippen LogP contribution in [0, 0.1) is 0 Å². The summed E-state index contributed by atoms with van der Waals surface area (Å²) in [6, 6.07) is 8.18. The molecule has 0 aliphatic heterocycles. The van der Waals surface area contributed by atoms with Crippen molar-refractivity contribution in [3.8, 4) is 0 Å². The Balaban J connectivity index is 2.61. The molecule has 1 unspecified atom stereocenters. The maximum absolute atomic E-state index is 11.0. The SMILES string of the molecule is COC(=O)CCCc1ccccc1C(C)OC. The number of benzene rings is 1. The van der Waals surface area contributed by atoms with Crippen molar-refractivity contribution in [2.75, 3.05) is 14.2 Å². The number of carbonyl (C=O) groups is 1. The summed E-state index contributed by atoms with van der Waals surface area (Å²) in [7, 11) is 3.12. The third-order valence-electron chi connectivity index (χ3n) is 2.90. The van der Waals surface area contributed by atoms with Crippen molar-refractivity contribution in [2.45, 2.75) is 32.3 Å². The van der Waals surface area contributed by atoms with E-state index in [1.54, 1.807) is 7.11 Å². The van der Waals surface area contributed by atoms with Crippen molar-refractivity contribution in [3.63, 3.8) is 0 Å². The van der Waals surface area contributed by atoms with Crippen LogP contribution >= 0.6 is 0 Å². The molecule has 1 atom stereocenters. The highest BCUT2D eigenvalue weighted by molar-refractivity contribution is 5.69. The van der Waals surface area contributed by atoms with Crippen molar-refractivity contribution in [1.82, 2.24) is 0 Å². The normalized spacial score (nSPS) is 12.2. The zero-order valence-corrected chi connectivity index (χ0v) is 10.7. The van der Waals surface area contributed by atoms with Crippen molar-refractivity contribution < 1.29 is 14.3 Å². The molecular weight excluding hydrogens is 216 g/mol. The zero-order valence-electron chi connectivity index (χ0n) is 10.7. The number of ether oxygens (including phenoxy) is 2. The van der Waals surface area contributed by atoms with Crippen molar-refractivity contribution in [1.29, 1.82) is 0 Å². The molecule has 0 aliphatic rings. The first-order chi connectivity index (χ1) is 8.19.